The van der Waals surface area contributed by atoms with Crippen LogP contribution in [0.1, 0.15) is 0 Å². The Morgan fingerprint density at radius 2 is 0.697 bits per heavy atom. The number of hydrogen-bond acceptors (Lipinski definition) is 3. The first-order valence-electron chi connectivity index (χ1n) is 25.8. The maximum absolute atomic E-state index is 5.64. The molecule has 76 heavy (non-hydrogen) atoms. The van der Waals surface area contributed by atoms with Crippen LogP contribution in [0.15, 0.2) is 261 Å². The topological polar surface area (TPSA) is 58.4 Å². The van der Waals surface area contributed by atoms with Crippen LogP contribution in [0.4, 0.5) is 0 Å². The van der Waals surface area contributed by atoms with Gasteiger partial charge in [-0.05, 0) is 83.9 Å². The van der Waals surface area contributed by atoms with Gasteiger partial charge in [0.05, 0.1) is 55.5 Å². The van der Waals surface area contributed by atoms with Crippen molar-refractivity contribution in [1.29, 1.82) is 0 Å². The predicted octanol–water partition coefficient (Wildman–Crippen LogP) is 17.3. The number of benzene rings is 10. The molecule has 0 atom stereocenters. The monoisotopic (exact) mass is 969 g/mol. The summed E-state index contributed by atoms with van der Waals surface area (Å²) in [5.41, 5.74) is 15.8. The van der Waals surface area contributed by atoms with Crippen molar-refractivity contribution in [2.45, 2.75) is 0 Å². The SMILES string of the molecule is c1ccc(-c2ccc3c(c2)c2cc(-c4cccc(-n5c6ccccc6c6ccc7c8ccccc8n(-c8nc(-c9ccccc9)cc(-n9c%10ccccc%10c%10ccccc%109)n8)c7c65)n4)ccc2n3-c2ccccc2)cc1. The van der Waals surface area contributed by atoms with Crippen molar-refractivity contribution in [2.75, 3.05) is 0 Å². The molecule has 0 N–H and O–H groups in total. The maximum Gasteiger partial charge on any atom is 0.237 e. The Kier molecular flexibility index (Phi) is 9.20. The van der Waals surface area contributed by atoms with E-state index in [1.807, 2.05) is 0 Å². The van der Waals surface area contributed by atoms with Crippen LogP contribution in [0.25, 0.3) is 144 Å². The quantitative estimate of drug-likeness (QED) is 0.160. The highest BCUT2D eigenvalue weighted by Gasteiger charge is 2.25. The predicted molar refractivity (Wildman–Crippen MR) is 313 cm³/mol. The zero-order chi connectivity index (χ0) is 49.8. The van der Waals surface area contributed by atoms with Crippen LogP contribution in [-0.2, 0) is 0 Å². The van der Waals surface area contributed by atoms with Crippen molar-refractivity contribution in [3.63, 3.8) is 0 Å². The minimum Gasteiger partial charge on any atom is -0.309 e. The Balaban J connectivity index is 0.949. The van der Waals surface area contributed by atoms with Gasteiger partial charge in [-0.1, -0.05) is 182 Å². The van der Waals surface area contributed by atoms with Crippen molar-refractivity contribution in [1.82, 2.24) is 33.2 Å². The molecule has 0 aliphatic heterocycles. The average Bonchev–Trinajstić information content (AvgIpc) is 4.23. The van der Waals surface area contributed by atoms with E-state index in [1.54, 1.807) is 0 Å². The Morgan fingerprint density at radius 1 is 0.224 bits per heavy atom. The summed E-state index contributed by atoms with van der Waals surface area (Å²) in [7, 11) is 0. The van der Waals surface area contributed by atoms with Gasteiger partial charge in [0.1, 0.15) is 11.6 Å². The first-order chi connectivity index (χ1) is 37.7. The van der Waals surface area contributed by atoms with E-state index in [9.17, 15) is 0 Å². The second kappa shape index (κ2) is 16.6. The van der Waals surface area contributed by atoms with E-state index in [2.05, 4.69) is 279 Å². The summed E-state index contributed by atoms with van der Waals surface area (Å²) in [4.78, 5) is 16.8. The summed E-state index contributed by atoms with van der Waals surface area (Å²) in [6.07, 6.45) is 0. The molecule has 0 saturated carbocycles. The molecule has 10 aromatic carbocycles. The Morgan fingerprint density at radius 3 is 1.32 bits per heavy atom. The van der Waals surface area contributed by atoms with Crippen LogP contribution in [0, 0.1) is 0 Å². The van der Waals surface area contributed by atoms with E-state index < -0.39 is 0 Å². The van der Waals surface area contributed by atoms with Gasteiger partial charge in [-0.25, -0.2) is 9.97 Å². The van der Waals surface area contributed by atoms with Gasteiger partial charge in [-0.15, -0.1) is 0 Å². The van der Waals surface area contributed by atoms with Crippen molar-refractivity contribution >= 4 is 87.2 Å². The van der Waals surface area contributed by atoms with Gasteiger partial charge in [-0.3, -0.25) is 13.7 Å². The van der Waals surface area contributed by atoms with Crippen LogP contribution in [0.2, 0.25) is 0 Å². The molecule has 0 aliphatic rings. The van der Waals surface area contributed by atoms with Crippen molar-refractivity contribution < 1.29 is 0 Å². The molecule has 0 unspecified atom stereocenters. The highest BCUT2D eigenvalue weighted by molar-refractivity contribution is 6.24. The Labute approximate surface area is 436 Å². The highest BCUT2D eigenvalue weighted by atomic mass is 15.2. The standard InChI is InChI=1S/C69H43N7/c1-4-19-44(20-5-1)46-35-39-63-55(41-46)56-42-47(36-40-64(56)73(63)48-23-8-3-9-24-48)57-29-18-34-65(70-57)75-61-32-16-12-27-51(61)53-37-38-54-52-28-13-17-33-62(52)76(68(54)67(53)75)69-71-58(45-21-6-2-7-22-45)43-66(72-69)74-59-30-14-10-25-49(59)50-26-11-15-31-60(50)74/h1-43H. The van der Waals surface area contributed by atoms with E-state index in [-0.39, 0.29) is 0 Å². The van der Waals surface area contributed by atoms with Crippen LogP contribution >= 0.6 is 0 Å². The summed E-state index contributed by atoms with van der Waals surface area (Å²) in [5, 5.41) is 9.18. The highest BCUT2D eigenvalue weighted by Crippen LogP contribution is 2.43. The summed E-state index contributed by atoms with van der Waals surface area (Å²) in [6.45, 7) is 0. The van der Waals surface area contributed by atoms with Gasteiger partial charge < -0.3 is 4.57 Å². The molecule has 354 valence electrons. The third kappa shape index (κ3) is 6.33. The van der Waals surface area contributed by atoms with Gasteiger partial charge in [0.15, 0.2) is 0 Å². The molecule has 7 nitrogen and oxygen atoms in total. The molecule has 0 fully saturated rings. The Bertz CT molecular complexity index is 4930. The molecule has 0 amide bonds. The molecule has 16 rings (SSSR count). The normalized spacial score (nSPS) is 11.9. The summed E-state index contributed by atoms with van der Waals surface area (Å²) in [5.74, 6) is 2.18. The van der Waals surface area contributed by atoms with Crippen LogP contribution < -0.4 is 0 Å². The lowest BCUT2D eigenvalue weighted by Gasteiger charge is -2.15. The lowest BCUT2D eigenvalue weighted by molar-refractivity contribution is 0.951. The number of rotatable bonds is 7. The molecule has 6 aromatic heterocycles. The largest absolute Gasteiger partial charge is 0.309 e. The van der Waals surface area contributed by atoms with Crippen molar-refractivity contribution in [3.8, 4) is 56.9 Å². The fourth-order valence-electron chi connectivity index (χ4n) is 12.1. The molecule has 0 radical (unpaired) electrons. The zero-order valence-corrected chi connectivity index (χ0v) is 41.0. The van der Waals surface area contributed by atoms with E-state index in [1.165, 1.54) is 32.7 Å². The number of fused-ring (bicyclic) bond motifs is 13. The second-order valence-electron chi connectivity index (χ2n) is 19.6. The van der Waals surface area contributed by atoms with E-state index >= 15 is 0 Å². The molecule has 0 aliphatic carbocycles. The molecule has 0 bridgehead atoms. The van der Waals surface area contributed by atoms with E-state index in [0.29, 0.717) is 5.95 Å². The minimum atomic E-state index is 0.578. The summed E-state index contributed by atoms with van der Waals surface area (Å²) < 4.78 is 9.31. The molecule has 6 heterocycles. The Hall–Kier alpha value is -10.4. The van der Waals surface area contributed by atoms with Crippen LogP contribution in [0.3, 0.4) is 0 Å². The van der Waals surface area contributed by atoms with Crippen LogP contribution in [0.5, 0.6) is 0 Å². The number of hydrogen-bond donors (Lipinski definition) is 0. The third-order valence-corrected chi connectivity index (χ3v) is 15.4. The lowest BCUT2D eigenvalue weighted by atomic mass is 10.0. The molecular formula is C69H43N7. The minimum absolute atomic E-state index is 0.578. The number of nitrogens with zero attached hydrogens (tertiary/aromatic N) is 7. The van der Waals surface area contributed by atoms with Gasteiger partial charge >= 0.3 is 0 Å². The first-order valence-corrected chi connectivity index (χ1v) is 25.8. The zero-order valence-electron chi connectivity index (χ0n) is 41.0. The molecule has 0 spiro atoms. The van der Waals surface area contributed by atoms with Gasteiger partial charge in [0.2, 0.25) is 5.95 Å². The number of pyridine rings is 1. The average molecular weight is 970 g/mol. The molecular weight excluding hydrogens is 927 g/mol. The van der Waals surface area contributed by atoms with Crippen molar-refractivity contribution in [3.05, 3.63) is 261 Å². The smallest absolute Gasteiger partial charge is 0.237 e. The van der Waals surface area contributed by atoms with Crippen molar-refractivity contribution in [2.24, 2.45) is 0 Å². The molecule has 7 heteroatoms. The number of para-hydroxylation sites is 5. The maximum atomic E-state index is 5.64. The summed E-state index contributed by atoms with van der Waals surface area (Å²) in [6, 6.07) is 93.0. The van der Waals surface area contributed by atoms with E-state index in [4.69, 9.17) is 15.0 Å². The fourth-order valence-corrected chi connectivity index (χ4v) is 12.1. The van der Waals surface area contributed by atoms with Gasteiger partial charge in [0, 0.05) is 66.0 Å². The molecule has 16 aromatic rings. The van der Waals surface area contributed by atoms with Gasteiger partial charge in [0.25, 0.3) is 0 Å². The van der Waals surface area contributed by atoms with Crippen LogP contribution in [-0.4, -0.2) is 33.2 Å². The van der Waals surface area contributed by atoms with Gasteiger partial charge in [-0.2, -0.15) is 4.98 Å². The fraction of sp³-hybridized carbons (Fsp3) is 0. The first kappa shape index (κ1) is 42.2. The van der Waals surface area contributed by atoms with E-state index in [0.717, 1.165) is 106 Å². The number of aromatic nitrogens is 7. The third-order valence-electron chi connectivity index (χ3n) is 15.4. The molecule has 0 saturated heterocycles. The lowest BCUT2D eigenvalue weighted by Crippen LogP contribution is -2.08. The summed E-state index contributed by atoms with van der Waals surface area (Å²) >= 11 is 0. The second-order valence-corrected chi connectivity index (χ2v) is 19.6.